The van der Waals surface area contributed by atoms with Crippen LogP contribution in [0.25, 0.3) is 0 Å². The van der Waals surface area contributed by atoms with Crippen LogP contribution < -0.4 is 0 Å². The number of carbonyl (C=O) groups is 1. The van der Waals surface area contributed by atoms with Gasteiger partial charge in [0.15, 0.2) is 0 Å². The van der Waals surface area contributed by atoms with Crippen LogP contribution in [-0.4, -0.2) is 12.1 Å². The Hall–Kier alpha value is -1.05. The number of allylic oxidation sites excluding steroid dienone is 2. The SMILES string of the molecule is C=C(C)[C@H]1CC[C@H]2[C@@H]3CC=C4C[C@@H](OC(=O)CCCCCCCCCCC)CC[C@]4(C)[C@H]3CC[C@]12C. The third kappa shape index (κ3) is 5.83. The van der Waals surface area contributed by atoms with Crippen LogP contribution in [0, 0.1) is 34.5 Å². The number of esters is 1. The number of fused-ring (bicyclic) bond motifs is 5. The Morgan fingerprint density at radius 3 is 2.33 bits per heavy atom. The number of hydrogen-bond acceptors (Lipinski definition) is 2. The highest BCUT2D eigenvalue weighted by atomic mass is 16.5. The van der Waals surface area contributed by atoms with Crippen LogP contribution in [-0.2, 0) is 9.53 Å². The second-order valence-corrected chi connectivity index (χ2v) is 13.7. The second-order valence-electron chi connectivity index (χ2n) is 13.7. The van der Waals surface area contributed by atoms with Gasteiger partial charge in [-0.2, -0.15) is 0 Å². The fourth-order valence-electron chi connectivity index (χ4n) is 9.36. The summed E-state index contributed by atoms with van der Waals surface area (Å²) in [5.74, 6) is 3.29. The molecule has 0 aliphatic heterocycles. The molecule has 0 aromatic rings. The van der Waals surface area contributed by atoms with E-state index in [-0.39, 0.29) is 12.1 Å². The molecule has 4 rings (SSSR count). The smallest absolute Gasteiger partial charge is 0.306 e. The van der Waals surface area contributed by atoms with Crippen LogP contribution in [0.1, 0.15) is 143 Å². The molecular weight excluding hydrogens is 440 g/mol. The largest absolute Gasteiger partial charge is 0.462 e. The first-order chi connectivity index (χ1) is 17.3. The van der Waals surface area contributed by atoms with Crippen molar-refractivity contribution in [2.75, 3.05) is 0 Å². The number of rotatable bonds is 12. The molecule has 0 bridgehead atoms. The van der Waals surface area contributed by atoms with Crippen molar-refractivity contribution in [1.29, 1.82) is 0 Å². The molecule has 0 aromatic heterocycles. The maximum Gasteiger partial charge on any atom is 0.306 e. The molecule has 0 aromatic carbocycles. The summed E-state index contributed by atoms with van der Waals surface area (Å²) in [6, 6.07) is 0. The molecule has 2 heteroatoms. The van der Waals surface area contributed by atoms with Gasteiger partial charge in [0.1, 0.15) is 6.10 Å². The van der Waals surface area contributed by atoms with Crippen LogP contribution in [0.5, 0.6) is 0 Å². The topological polar surface area (TPSA) is 26.3 Å². The summed E-state index contributed by atoms with van der Waals surface area (Å²) < 4.78 is 6.03. The highest BCUT2D eigenvalue weighted by molar-refractivity contribution is 5.69. The Morgan fingerprint density at radius 1 is 0.944 bits per heavy atom. The summed E-state index contributed by atoms with van der Waals surface area (Å²) in [6.07, 6.45) is 24.9. The third-order valence-electron chi connectivity index (χ3n) is 11.4. The van der Waals surface area contributed by atoms with E-state index in [1.807, 2.05) is 0 Å². The van der Waals surface area contributed by atoms with Crippen molar-refractivity contribution in [3.63, 3.8) is 0 Å². The zero-order chi connectivity index (χ0) is 25.8. The summed E-state index contributed by atoms with van der Waals surface area (Å²) in [4.78, 5) is 12.6. The molecule has 3 saturated carbocycles. The Labute approximate surface area is 223 Å². The second kappa shape index (κ2) is 12.2. The van der Waals surface area contributed by atoms with E-state index in [2.05, 4.69) is 40.3 Å². The van der Waals surface area contributed by atoms with Crippen molar-refractivity contribution in [1.82, 2.24) is 0 Å². The molecule has 0 saturated heterocycles. The van der Waals surface area contributed by atoms with E-state index in [0.29, 0.717) is 17.3 Å². The van der Waals surface area contributed by atoms with Crippen LogP contribution in [0.4, 0.5) is 0 Å². The van der Waals surface area contributed by atoms with E-state index in [4.69, 9.17) is 4.74 Å². The van der Waals surface area contributed by atoms with Gasteiger partial charge in [0, 0.05) is 12.8 Å². The molecule has 0 spiro atoms. The lowest BCUT2D eigenvalue weighted by molar-refractivity contribution is -0.151. The van der Waals surface area contributed by atoms with Gasteiger partial charge >= 0.3 is 5.97 Å². The zero-order valence-electron chi connectivity index (χ0n) is 24.2. The quantitative estimate of drug-likeness (QED) is 0.153. The van der Waals surface area contributed by atoms with Gasteiger partial charge in [-0.1, -0.05) is 95.9 Å². The summed E-state index contributed by atoms with van der Waals surface area (Å²) >= 11 is 0. The van der Waals surface area contributed by atoms with E-state index in [1.54, 1.807) is 5.57 Å². The molecule has 36 heavy (non-hydrogen) atoms. The average Bonchev–Trinajstić information content (AvgIpc) is 3.21. The first-order valence-electron chi connectivity index (χ1n) is 15.8. The normalized spacial score (nSPS) is 37.4. The zero-order valence-corrected chi connectivity index (χ0v) is 24.2. The fourth-order valence-corrected chi connectivity index (χ4v) is 9.36. The van der Waals surface area contributed by atoms with Crippen LogP contribution in [0.15, 0.2) is 23.8 Å². The van der Waals surface area contributed by atoms with Gasteiger partial charge in [-0.05, 0) is 92.8 Å². The summed E-state index contributed by atoms with van der Waals surface area (Å²) in [5.41, 5.74) is 3.83. The van der Waals surface area contributed by atoms with E-state index in [9.17, 15) is 4.79 Å². The van der Waals surface area contributed by atoms with Gasteiger partial charge in [-0.25, -0.2) is 0 Å². The maximum absolute atomic E-state index is 12.6. The highest BCUT2D eigenvalue weighted by Crippen LogP contribution is 2.67. The molecule has 0 unspecified atom stereocenters. The van der Waals surface area contributed by atoms with Crippen molar-refractivity contribution < 1.29 is 9.53 Å². The minimum atomic E-state index is 0.0473. The van der Waals surface area contributed by atoms with Crippen LogP contribution in [0.3, 0.4) is 0 Å². The number of unbranched alkanes of at least 4 members (excludes halogenated alkanes) is 8. The molecule has 0 N–H and O–H groups in total. The molecule has 4 aliphatic carbocycles. The van der Waals surface area contributed by atoms with E-state index in [0.717, 1.165) is 42.9 Å². The lowest BCUT2D eigenvalue weighted by atomic mass is 9.47. The van der Waals surface area contributed by atoms with E-state index >= 15 is 0 Å². The lowest BCUT2D eigenvalue weighted by Gasteiger charge is -2.58. The molecule has 0 amide bonds. The standard InChI is InChI=1S/C34H56O2/c1-6-7-8-9-10-11-12-13-14-15-32(35)36-27-20-22-33(4)26(24-27)16-17-28-30-19-18-29(25(2)3)34(30,5)23-21-31(28)33/h16,27-31H,2,6-15,17-24H2,1,3-5H3/t27-,28-,29+,30-,31-,33-,34+/m0/s1. The summed E-state index contributed by atoms with van der Waals surface area (Å²) in [5, 5.41) is 0. The molecule has 2 nitrogen and oxygen atoms in total. The minimum absolute atomic E-state index is 0.0473. The molecule has 204 valence electrons. The molecule has 0 radical (unpaired) electrons. The van der Waals surface area contributed by atoms with E-state index in [1.165, 1.54) is 95.5 Å². The first kappa shape index (κ1) is 28.0. The van der Waals surface area contributed by atoms with Gasteiger partial charge in [-0.15, -0.1) is 0 Å². The van der Waals surface area contributed by atoms with Crippen LogP contribution in [0.2, 0.25) is 0 Å². The van der Waals surface area contributed by atoms with Crippen molar-refractivity contribution in [2.45, 2.75) is 149 Å². The highest BCUT2D eigenvalue weighted by Gasteiger charge is 2.58. The monoisotopic (exact) mass is 496 g/mol. The van der Waals surface area contributed by atoms with E-state index < -0.39 is 0 Å². The predicted molar refractivity (Wildman–Crippen MR) is 152 cm³/mol. The number of ether oxygens (including phenoxy) is 1. The fraction of sp³-hybridized carbons (Fsp3) is 0.853. The Morgan fingerprint density at radius 2 is 1.64 bits per heavy atom. The van der Waals surface area contributed by atoms with Gasteiger partial charge in [0.2, 0.25) is 0 Å². The Balaban J connectivity index is 1.23. The van der Waals surface area contributed by atoms with Crippen molar-refractivity contribution in [3.05, 3.63) is 23.8 Å². The minimum Gasteiger partial charge on any atom is -0.462 e. The van der Waals surface area contributed by atoms with Gasteiger partial charge in [0.25, 0.3) is 0 Å². The molecule has 0 heterocycles. The maximum atomic E-state index is 12.6. The Bertz CT molecular complexity index is 795. The predicted octanol–water partition coefficient (Wildman–Crippen LogP) is 9.97. The first-order valence-corrected chi connectivity index (χ1v) is 15.8. The van der Waals surface area contributed by atoms with Gasteiger partial charge in [0.05, 0.1) is 0 Å². The van der Waals surface area contributed by atoms with Crippen molar-refractivity contribution in [3.8, 4) is 0 Å². The third-order valence-corrected chi connectivity index (χ3v) is 11.4. The summed E-state index contributed by atoms with van der Waals surface area (Å²) in [6.45, 7) is 14.1. The van der Waals surface area contributed by atoms with Crippen molar-refractivity contribution >= 4 is 5.97 Å². The summed E-state index contributed by atoms with van der Waals surface area (Å²) in [7, 11) is 0. The van der Waals surface area contributed by atoms with Crippen LogP contribution >= 0.6 is 0 Å². The van der Waals surface area contributed by atoms with Gasteiger partial charge in [-0.3, -0.25) is 4.79 Å². The lowest BCUT2D eigenvalue weighted by Crippen LogP contribution is -2.50. The molecule has 3 fully saturated rings. The van der Waals surface area contributed by atoms with Gasteiger partial charge < -0.3 is 4.74 Å². The molecule has 4 aliphatic rings. The number of hydrogen-bond donors (Lipinski definition) is 0. The molecular formula is C34H56O2. The molecule has 7 atom stereocenters. The van der Waals surface area contributed by atoms with Crippen molar-refractivity contribution in [2.24, 2.45) is 34.5 Å². The average molecular weight is 497 g/mol. The number of carbonyl (C=O) groups excluding carboxylic acids is 1. The Kier molecular flexibility index (Phi) is 9.48.